The van der Waals surface area contributed by atoms with Gasteiger partial charge in [0.15, 0.2) is 5.79 Å². The first-order chi connectivity index (χ1) is 25.7. The van der Waals surface area contributed by atoms with Crippen LogP contribution in [0.15, 0.2) is 42.0 Å². The average Bonchev–Trinajstić information content (AvgIpc) is 3.63. The van der Waals surface area contributed by atoms with E-state index in [0.717, 1.165) is 44.6 Å². The maximum atomic E-state index is 13.9. The second kappa shape index (κ2) is 19.5. The van der Waals surface area contributed by atoms with Gasteiger partial charge in [-0.05, 0) is 43.5 Å². The summed E-state index contributed by atoms with van der Waals surface area (Å²) in [6.45, 7) is 8.84. The molecule has 14 nitrogen and oxygen atoms in total. The number of unbranched alkanes of at least 4 members (excludes halogenated alkanes) is 4. The van der Waals surface area contributed by atoms with Gasteiger partial charge in [0.05, 0.1) is 18.3 Å². The largest absolute Gasteiger partial charge is 0.462 e. The molecule has 3 aliphatic rings. The summed E-state index contributed by atoms with van der Waals surface area (Å²) in [6, 6.07) is 5.17. The average molecular weight is 757 g/mol. The molecule has 6 atom stereocenters. The summed E-state index contributed by atoms with van der Waals surface area (Å²) < 4.78 is 29.9. The van der Waals surface area contributed by atoms with Gasteiger partial charge in [0.1, 0.15) is 31.0 Å². The lowest BCUT2D eigenvalue weighted by atomic mass is 9.90. The molecule has 1 aromatic rings. The number of aliphatic hydroxyl groups is 2. The van der Waals surface area contributed by atoms with E-state index in [1.807, 2.05) is 0 Å². The van der Waals surface area contributed by atoms with Gasteiger partial charge < -0.3 is 44.5 Å². The first-order valence-electron chi connectivity index (χ1n) is 19.0. The van der Waals surface area contributed by atoms with Crippen molar-refractivity contribution in [1.29, 1.82) is 0 Å². The van der Waals surface area contributed by atoms with Crippen LogP contribution in [0.1, 0.15) is 108 Å². The van der Waals surface area contributed by atoms with Crippen LogP contribution in [0.3, 0.4) is 0 Å². The van der Waals surface area contributed by atoms with Crippen LogP contribution < -0.4 is 10.6 Å². The van der Waals surface area contributed by atoms with E-state index < -0.39 is 77.5 Å². The Morgan fingerprint density at radius 3 is 2.31 bits per heavy atom. The molecule has 2 amide bonds. The molecule has 0 saturated carbocycles. The molecular formula is C40H56N2O12. The lowest BCUT2D eigenvalue weighted by Crippen LogP contribution is -2.54. The summed E-state index contributed by atoms with van der Waals surface area (Å²) in [5.74, 6) is -4.43. The predicted octanol–water partition coefficient (Wildman–Crippen LogP) is 3.67. The molecule has 2 heterocycles. The number of hydrogen-bond donors (Lipinski definition) is 4. The van der Waals surface area contributed by atoms with Crippen molar-refractivity contribution in [3.63, 3.8) is 0 Å². The highest BCUT2D eigenvalue weighted by Crippen LogP contribution is 2.43. The zero-order chi connectivity index (χ0) is 39.5. The molecule has 4 rings (SSSR count). The van der Waals surface area contributed by atoms with Crippen molar-refractivity contribution in [1.82, 2.24) is 10.6 Å². The summed E-state index contributed by atoms with van der Waals surface area (Å²) in [5, 5.41) is 24.5. The molecular weight excluding hydrogens is 700 g/mol. The van der Waals surface area contributed by atoms with Crippen LogP contribution in [-0.4, -0.2) is 102 Å². The second-order valence-electron chi connectivity index (χ2n) is 14.9. The molecule has 298 valence electrons. The number of carbonyl (C=O) groups excluding carboxylic acids is 5. The van der Waals surface area contributed by atoms with Gasteiger partial charge in [-0.25, -0.2) is 14.4 Å². The van der Waals surface area contributed by atoms with Crippen molar-refractivity contribution < 1.29 is 57.9 Å². The van der Waals surface area contributed by atoms with E-state index in [2.05, 4.69) is 24.5 Å². The standard InChI is InChI=1S/C40H56N2O12/c1-6-8-12-18-40(19-13-9-7-2)53-30-23-27(35(46)42-32(25(3)44)36(47)41-20-21-43)22-29(33(30)54-40)51-37(48)28-15-11-10-14-26(28)16-17-31(45)52-34-38(49)50-24-39(34,4)5/h10-11,14-17,23,25,29-30,32-34,43-44H,6-9,12-13,18-22,24H2,1-5H3,(H,41,47)(H,42,46). The molecule has 4 N–H and O–H groups in total. The highest BCUT2D eigenvalue weighted by Gasteiger charge is 2.53. The number of ether oxygens (including phenoxy) is 5. The zero-order valence-corrected chi connectivity index (χ0v) is 32.0. The number of hydrogen-bond acceptors (Lipinski definition) is 12. The minimum atomic E-state index is -1.32. The number of aliphatic hydroxyl groups excluding tert-OH is 2. The molecule has 2 saturated heterocycles. The molecule has 54 heavy (non-hydrogen) atoms. The van der Waals surface area contributed by atoms with Crippen LogP contribution >= 0.6 is 0 Å². The monoisotopic (exact) mass is 756 g/mol. The summed E-state index contributed by atoms with van der Waals surface area (Å²) in [4.78, 5) is 65.2. The van der Waals surface area contributed by atoms with E-state index in [0.29, 0.717) is 18.4 Å². The van der Waals surface area contributed by atoms with Gasteiger partial charge in [-0.1, -0.05) is 71.6 Å². The summed E-state index contributed by atoms with van der Waals surface area (Å²) in [7, 11) is 0. The third kappa shape index (κ3) is 11.0. The molecule has 14 heteroatoms. The van der Waals surface area contributed by atoms with Crippen molar-refractivity contribution in [2.45, 2.75) is 135 Å². The van der Waals surface area contributed by atoms with Crippen LogP contribution in [0.4, 0.5) is 0 Å². The number of carbonyl (C=O) groups is 5. The second-order valence-corrected chi connectivity index (χ2v) is 14.9. The van der Waals surface area contributed by atoms with Gasteiger partial charge in [-0.15, -0.1) is 0 Å². The number of nitrogens with one attached hydrogen (secondary N) is 2. The highest BCUT2D eigenvalue weighted by molar-refractivity contribution is 5.98. The third-order valence-electron chi connectivity index (χ3n) is 9.84. The molecule has 2 fully saturated rings. The van der Waals surface area contributed by atoms with Crippen LogP contribution in [0, 0.1) is 5.41 Å². The predicted molar refractivity (Wildman–Crippen MR) is 196 cm³/mol. The quantitative estimate of drug-likeness (QED) is 0.0694. The molecule has 0 bridgehead atoms. The van der Waals surface area contributed by atoms with E-state index in [1.165, 1.54) is 13.0 Å². The molecule has 1 aromatic carbocycles. The van der Waals surface area contributed by atoms with E-state index in [-0.39, 0.29) is 37.3 Å². The fourth-order valence-electron chi connectivity index (χ4n) is 6.81. The fourth-order valence-corrected chi connectivity index (χ4v) is 6.81. The van der Waals surface area contributed by atoms with Gasteiger partial charge in [-0.3, -0.25) is 9.59 Å². The van der Waals surface area contributed by atoms with Gasteiger partial charge in [0.2, 0.25) is 17.9 Å². The van der Waals surface area contributed by atoms with Crippen molar-refractivity contribution >= 4 is 35.8 Å². The molecule has 2 aliphatic heterocycles. The van der Waals surface area contributed by atoms with Crippen molar-refractivity contribution in [2.24, 2.45) is 5.41 Å². The Hall–Kier alpha value is -4.11. The number of fused-ring (bicyclic) bond motifs is 1. The Bertz CT molecular complexity index is 1540. The number of cyclic esters (lactones) is 1. The van der Waals surface area contributed by atoms with Crippen LogP contribution in [-0.2, 0) is 42.9 Å². The van der Waals surface area contributed by atoms with Crippen molar-refractivity contribution in [3.05, 3.63) is 53.1 Å². The van der Waals surface area contributed by atoms with E-state index >= 15 is 0 Å². The van der Waals surface area contributed by atoms with E-state index in [4.69, 9.17) is 28.8 Å². The van der Waals surface area contributed by atoms with Crippen LogP contribution in [0.25, 0.3) is 6.08 Å². The number of benzene rings is 1. The van der Waals surface area contributed by atoms with Gasteiger partial charge >= 0.3 is 17.9 Å². The van der Waals surface area contributed by atoms with E-state index in [1.54, 1.807) is 44.2 Å². The fraction of sp³-hybridized carbons (Fsp3) is 0.625. The smallest absolute Gasteiger partial charge is 0.348 e. The maximum Gasteiger partial charge on any atom is 0.348 e. The lowest BCUT2D eigenvalue weighted by Gasteiger charge is -2.31. The first-order valence-corrected chi connectivity index (χ1v) is 19.0. The Labute approximate surface area is 317 Å². The zero-order valence-electron chi connectivity index (χ0n) is 32.0. The maximum absolute atomic E-state index is 13.9. The SMILES string of the molecule is CCCCCC1(CCCCC)OC2C=C(C(=O)NC(C(=O)NCCO)C(C)O)CC(OC(=O)c3ccccc3C=CC(=O)OC3C(=O)OCC3(C)C)C2O1. The molecule has 0 aromatic heterocycles. The number of amides is 2. The molecule has 0 radical (unpaired) electrons. The topological polar surface area (TPSA) is 196 Å². The Morgan fingerprint density at radius 1 is 1.02 bits per heavy atom. The molecule has 6 unspecified atom stereocenters. The number of rotatable bonds is 19. The lowest BCUT2D eigenvalue weighted by molar-refractivity contribution is -0.190. The van der Waals surface area contributed by atoms with Crippen molar-refractivity contribution in [3.8, 4) is 0 Å². The Balaban J connectivity index is 1.59. The van der Waals surface area contributed by atoms with Crippen LogP contribution in [0.5, 0.6) is 0 Å². The van der Waals surface area contributed by atoms with Crippen molar-refractivity contribution in [2.75, 3.05) is 19.8 Å². The molecule has 1 aliphatic carbocycles. The number of esters is 3. The Morgan fingerprint density at radius 2 is 1.70 bits per heavy atom. The summed E-state index contributed by atoms with van der Waals surface area (Å²) >= 11 is 0. The van der Waals surface area contributed by atoms with Gasteiger partial charge in [0, 0.05) is 42.9 Å². The third-order valence-corrected chi connectivity index (χ3v) is 9.84. The Kier molecular flexibility index (Phi) is 15.4. The minimum Gasteiger partial charge on any atom is -0.462 e. The van der Waals surface area contributed by atoms with Gasteiger partial charge in [0.25, 0.3) is 0 Å². The first kappa shape index (κ1) is 42.6. The van der Waals surface area contributed by atoms with E-state index in [9.17, 15) is 29.1 Å². The highest BCUT2D eigenvalue weighted by atomic mass is 16.8. The summed E-state index contributed by atoms with van der Waals surface area (Å²) in [6.07, 6.45) is 6.13. The van der Waals surface area contributed by atoms with Crippen LogP contribution in [0.2, 0.25) is 0 Å². The summed E-state index contributed by atoms with van der Waals surface area (Å²) in [5.41, 5.74) is -0.0337. The molecule has 0 spiro atoms. The van der Waals surface area contributed by atoms with Gasteiger partial charge in [-0.2, -0.15) is 0 Å². The minimum absolute atomic E-state index is 0.0586. The normalized spacial score (nSPS) is 23.8.